The van der Waals surface area contributed by atoms with Gasteiger partial charge in [-0.05, 0) is 130 Å². The summed E-state index contributed by atoms with van der Waals surface area (Å²) < 4.78 is 33.3. The number of aromatic nitrogens is 4. The van der Waals surface area contributed by atoms with Crippen LogP contribution in [0, 0.1) is 28.6 Å². The number of anilines is 4. The number of carbonyl (C=O) groups is 1. The Morgan fingerprint density at radius 1 is 0.958 bits per heavy atom. The maximum Gasteiger partial charge on any atom is 0.264 e. The van der Waals surface area contributed by atoms with Crippen LogP contribution in [0.15, 0.2) is 71.2 Å². The molecule has 71 heavy (non-hydrogen) atoms. The molecule has 7 aliphatic rings. The van der Waals surface area contributed by atoms with Crippen molar-refractivity contribution in [1.29, 1.82) is 5.26 Å². The first-order chi connectivity index (χ1) is 34.4. The molecule has 1 amide bonds. The molecule has 17 heteroatoms. The third-order valence-electron chi connectivity index (χ3n) is 16.8. The van der Waals surface area contributed by atoms with Gasteiger partial charge >= 0.3 is 0 Å². The third kappa shape index (κ3) is 9.52. The van der Waals surface area contributed by atoms with Gasteiger partial charge in [0.15, 0.2) is 17.9 Å². The quantitative estimate of drug-likeness (QED) is 0.159. The fourth-order valence-electron chi connectivity index (χ4n) is 12.8. The van der Waals surface area contributed by atoms with Gasteiger partial charge in [-0.15, -0.1) is 10.2 Å². The summed E-state index contributed by atoms with van der Waals surface area (Å²) in [5.74, 6) is 3.76. The van der Waals surface area contributed by atoms with E-state index in [4.69, 9.17) is 26.9 Å². The van der Waals surface area contributed by atoms with E-state index in [-0.39, 0.29) is 16.9 Å². The largest absolute Gasteiger partial charge is 0.368 e. The van der Waals surface area contributed by atoms with Crippen molar-refractivity contribution in [3.63, 3.8) is 0 Å². The van der Waals surface area contributed by atoms with E-state index in [1.54, 1.807) is 37.1 Å². The highest BCUT2D eigenvalue weighted by molar-refractivity contribution is 6.32. The number of halogens is 3. The molecule has 2 aromatic heterocycles. The zero-order valence-electron chi connectivity index (χ0n) is 41.3. The van der Waals surface area contributed by atoms with Gasteiger partial charge in [-0.3, -0.25) is 14.4 Å². The van der Waals surface area contributed by atoms with Crippen LogP contribution in [0.25, 0.3) is 11.1 Å². The number of hydrogen-bond acceptors (Lipinski definition) is 11. The number of alkyl halides is 2. The molecule has 4 aromatic rings. The van der Waals surface area contributed by atoms with Crippen LogP contribution in [0.3, 0.4) is 0 Å². The molecular formula is C54H65ClF2N13O+. The first kappa shape index (κ1) is 47.4. The van der Waals surface area contributed by atoms with Crippen LogP contribution >= 0.6 is 11.6 Å². The molecule has 0 bridgehead atoms. The number of nitrogens with zero attached hydrogens (tertiary/aromatic N) is 13. The van der Waals surface area contributed by atoms with Crippen LogP contribution in [0.4, 0.5) is 31.8 Å². The SMILES string of the molecule is CC(=O)N1CCC2=C(C1)C(N1CCCc3cc(-c4cnn(C)c4)c(C(F)F)cc31)=N/[N+]2=C\C1CCC(CN2CCN(c3ccc(N4CCC5(CC4)C[C@H](C)N(c4ccc(C#N)c(Cl)c4)C5)nn3)CC2)CC1. The molecule has 1 saturated carbocycles. The molecule has 11 rings (SSSR count). The fraction of sp³-hybridized carbons (Fsp3) is 0.537. The van der Waals surface area contributed by atoms with Gasteiger partial charge in [0, 0.05) is 125 Å². The van der Waals surface area contributed by atoms with Crippen LogP contribution in [0.1, 0.15) is 94.8 Å². The molecule has 8 heterocycles. The van der Waals surface area contributed by atoms with Gasteiger partial charge in [-0.2, -0.15) is 10.4 Å². The molecule has 0 radical (unpaired) electrons. The summed E-state index contributed by atoms with van der Waals surface area (Å²) in [5, 5.41) is 28.9. The molecule has 1 atom stereocenters. The lowest BCUT2D eigenvalue weighted by atomic mass is 9.77. The van der Waals surface area contributed by atoms with E-state index in [1.807, 2.05) is 29.2 Å². The minimum absolute atomic E-state index is 0.00370. The van der Waals surface area contributed by atoms with Crippen molar-refractivity contribution in [1.82, 2.24) is 29.8 Å². The Hall–Kier alpha value is -5.92. The van der Waals surface area contributed by atoms with Crippen molar-refractivity contribution >= 4 is 52.6 Å². The molecule has 2 aromatic carbocycles. The number of rotatable bonds is 8. The number of benzene rings is 2. The topological polar surface area (TPSA) is 119 Å². The molecule has 1 aliphatic carbocycles. The third-order valence-corrected chi connectivity index (χ3v) is 17.1. The number of carbonyl (C=O) groups excluding carboxylic acids is 1. The number of hydrogen-bond donors (Lipinski definition) is 0. The van der Waals surface area contributed by atoms with Gasteiger partial charge in [0.2, 0.25) is 17.4 Å². The lowest BCUT2D eigenvalue weighted by Crippen LogP contribution is -2.48. The Morgan fingerprint density at radius 3 is 2.37 bits per heavy atom. The predicted octanol–water partition coefficient (Wildman–Crippen LogP) is 8.52. The molecule has 6 aliphatic heterocycles. The summed E-state index contributed by atoms with van der Waals surface area (Å²) in [6.07, 6.45) is 13.4. The van der Waals surface area contributed by atoms with Crippen molar-refractivity contribution < 1.29 is 18.3 Å². The second-order valence-corrected chi connectivity index (χ2v) is 21.7. The van der Waals surface area contributed by atoms with Crippen molar-refractivity contribution in [3.8, 4) is 17.2 Å². The number of piperidine rings is 1. The van der Waals surface area contributed by atoms with Gasteiger partial charge < -0.3 is 24.5 Å². The number of hydrazone groups is 1. The average molecular weight is 986 g/mol. The number of aryl methyl sites for hydroxylation is 2. The molecule has 14 nitrogen and oxygen atoms in total. The van der Waals surface area contributed by atoms with Crippen molar-refractivity contribution in [2.24, 2.45) is 29.4 Å². The van der Waals surface area contributed by atoms with Gasteiger partial charge in [0.1, 0.15) is 6.07 Å². The Labute approximate surface area is 420 Å². The van der Waals surface area contributed by atoms with E-state index < -0.39 is 6.43 Å². The molecule has 1 spiro atoms. The van der Waals surface area contributed by atoms with E-state index >= 15 is 0 Å². The van der Waals surface area contributed by atoms with Crippen LogP contribution in [-0.4, -0.2) is 130 Å². The monoisotopic (exact) mass is 985 g/mol. The zero-order valence-corrected chi connectivity index (χ0v) is 42.0. The second kappa shape index (κ2) is 19.6. The van der Waals surface area contributed by atoms with Crippen LogP contribution in [0.5, 0.6) is 0 Å². The summed E-state index contributed by atoms with van der Waals surface area (Å²) >= 11 is 6.42. The first-order valence-electron chi connectivity index (χ1n) is 25.9. The van der Waals surface area contributed by atoms with Crippen molar-refractivity contribution in [3.05, 3.63) is 87.8 Å². The Kier molecular flexibility index (Phi) is 13.1. The number of amides is 1. The Morgan fingerprint density at radius 2 is 1.70 bits per heavy atom. The Balaban J connectivity index is 0.683. The van der Waals surface area contributed by atoms with Gasteiger partial charge in [0.25, 0.3) is 6.43 Å². The lowest BCUT2D eigenvalue weighted by Gasteiger charge is -2.40. The van der Waals surface area contributed by atoms with E-state index in [0.717, 1.165) is 143 Å². The van der Waals surface area contributed by atoms with E-state index in [9.17, 15) is 18.8 Å². The van der Waals surface area contributed by atoms with Crippen molar-refractivity contribution in [2.45, 2.75) is 90.5 Å². The predicted molar refractivity (Wildman–Crippen MR) is 275 cm³/mol. The number of piperazine rings is 1. The number of amidine groups is 1. The molecule has 0 unspecified atom stereocenters. The number of nitriles is 1. The zero-order chi connectivity index (χ0) is 49.0. The van der Waals surface area contributed by atoms with Crippen molar-refractivity contribution in [2.75, 3.05) is 91.6 Å². The maximum atomic E-state index is 14.8. The summed E-state index contributed by atoms with van der Waals surface area (Å²) in [4.78, 5) is 26.6. The minimum atomic E-state index is -2.65. The van der Waals surface area contributed by atoms with Gasteiger partial charge in [0.05, 0.1) is 35.3 Å². The highest BCUT2D eigenvalue weighted by atomic mass is 35.5. The van der Waals surface area contributed by atoms with Crippen LogP contribution < -0.4 is 19.6 Å². The standard InChI is InChI=1S/C54H65ClF2N13O/c1-36-28-54(35-69(36)43-11-10-41(29-58)47(55)26-43)15-19-65(20-16-54)50-12-13-51(61-60-50)66-23-21-64(22-24-66)31-38-6-8-39(9-7-38)32-70-48-14-18-67(37(2)71)34-46(48)53(62-70)68-17-4-5-40-25-44(42-30-59-63(3)33-42)45(52(56)57)27-49(40)68/h10-13,25-27,30,32-33,36,38-39,52H,4-9,14-24,28,31,34-35H2,1-3H3/q+1/b70-32-/t36-,38?,39?/m0/s1. The average Bonchev–Trinajstić information content (AvgIpc) is 4.08. The lowest BCUT2D eigenvalue weighted by molar-refractivity contribution is -0.479. The Bertz CT molecular complexity index is 2790. The summed E-state index contributed by atoms with van der Waals surface area (Å²) in [6.45, 7) is 13.6. The van der Waals surface area contributed by atoms with Crippen LogP contribution in [0.2, 0.25) is 5.02 Å². The summed E-state index contributed by atoms with van der Waals surface area (Å²) in [5.41, 5.74) is 7.04. The second-order valence-electron chi connectivity index (χ2n) is 21.3. The summed E-state index contributed by atoms with van der Waals surface area (Å²) in [6, 6.07) is 16.3. The molecule has 4 fully saturated rings. The maximum absolute atomic E-state index is 14.8. The minimum Gasteiger partial charge on any atom is -0.368 e. The highest BCUT2D eigenvalue weighted by Crippen LogP contribution is 2.46. The van der Waals surface area contributed by atoms with E-state index in [0.29, 0.717) is 65.6 Å². The van der Waals surface area contributed by atoms with E-state index in [1.165, 1.54) is 12.8 Å². The summed E-state index contributed by atoms with van der Waals surface area (Å²) in [7, 11) is 1.80. The number of fused-ring (bicyclic) bond motifs is 1. The fourth-order valence-corrected chi connectivity index (χ4v) is 13.0. The normalized spacial score (nSPS) is 24.3. The first-order valence-corrected chi connectivity index (χ1v) is 26.2. The molecular weight excluding hydrogens is 920 g/mol. The molecule has 372 valence electrons. The van der Waals surface area contributed by atoms with Crippen LogP contribution in [-0.2, 0) is 18.3 Å². The molecule has 0 N–H and O–H groups in total. The van der Waals surface area contributed by atoms with Gasteiger partial charge in [-0.25, -0.2) is 8.78 Å². The molecule has 3 saturated heterocycles. The van der Waals surface area contributed by atoms with Gasteiger partial charge in [-0.1, -0.05) is 16.3 Å². The highest BCUT2D eigenvalue weighted by Gasteiger charge is 2.45. The van der Waals surface area contributed by atoms with E-state index in [2.05, 4.69) is 65.6 Å². The smallest absolute Gasteiger partial charge is 0.264 e.